The number of nitrogens with zero attached hydrogens (tertiary/aromatic N) is 3. The lowest BCUT2D eigenvalue weighted by Crippen LogP contribution is -2.52. The topological polar surface area (TPSA) is 53.1 Å². The summed E-state index contributed by atoms with van der Waals surface area (Å²) < 4.78 is 5.62. The number of benzene rings is 2. The van der Waals surface area contributed by atoms with Crippen LogP contribution in [0, 0.1) is 0 Å². The van der Waals surface area contributed by atoms with Crippen LogP contribution in [0.5, 0.6) is 5.75 Å². The van der Waals surface area contributed by atoms with Gasteiger partial charge in [0, 0.05) is 31.9 Å². The first-order valence-electron chi connectivity index (χ1n) is 9.81. The first-order valence-corrected chi connectivity index (χ1v) is 9.81. The molecule has 4 rings (SSSR count). The fourth-order valence-electron chi connectivity index (χ4n) is 4.00. The fourth-order valence-corrected chi connectivity index (χ4v) is 4.00. The number of carbonyl (C=O) groups excluding carboxylic acids is 2. The van der Waals surface area contributed by atoms with Gasteiger partial charge >= 0.3 is 0 Å². The van der Waals surface area contributed by atoms with E-state index in [4.69, 9.17) is 4.74 Å². The lowest BCUT2D eigenvalue weighted by atomic mass is 10.1. The van der Waals surface area contributed by atoms with E-state index in [2.05, 4.69) is 21.9 Å². The molecule has 0 aliphatic carbocycles. The van der Waals surface area contributed by atoms with Crippen molar-refractivity contribution < 1.29 is 14.3 Å². The number of imide groups is 1. The number of amides is 2. The van der Waals surface area contributed by atoms with Gasteiger partial charge in [0.05, 0.1) is 24.8 Å². The molecule has 6 heteroatoms. The maximum absolute atomic E-state index is 13.1. The zero-order valence-corrected chi connectivity index (χ0v) is 16.1. The van der Waals surface area contributed by atoms with Gasteiger partial charge in [-0.3, -0.25) is 14.5 Å². The molecule has 2 aliphatic heterocycles. The minimum Gasteiger partial charge on any atom is -0.492 e. The lowest BCUT2D eigenvalue weighted by Gasteiger charge is -2.38. The molecule has 2 aromatic carbocycles. The molecule has 2 fully saturated rings. The molecule has 2 amide bonds. The summed E-state index contributed by atoms with van der Waals surface area (Å²) in [5.41, 5.74) is 1.74. The van der Waals surface area contributed by atoms with Crippen molar-refractivity contribution >= 4 is 23.2 Å². The van der Waals surface area contributed by atoms with Gasteiger partial charge in [-0.05, 0) is 31.2 Å². The molecule has 0 bridgehead atoms. The van der Waals surface area contributed by atoms with Crippen molar-refractivity contribution in [1.82, 2.24) is 4.90 Å². The summed E-state index contributed by atoms with van der Waals surface area (Å²) in [7, 11) is 0. The predicted molar refractivity (Wildman–Crippen MR) is 109 cm³/mol. The Labute approximate surface area is 165 Å². The molecule has 146 valence electrons. The SMILES string of the molecule is CCOc1ccccc1N1C(=O)C[C@H](N2CCN(c3ccccc3)CC2)C1=O. The Morgan fingerprint density at radius 3 is 2.32 bits per heavy atom. The summed E-state index contributed by atoms with van der Waals surface area (Å²) in [6.45, 7) is 5.59. The van der Waals surface area contributed by atoms with Gasteiger partial charge in [0.1, 0.15) is 5.75 Å². The zero-order chi connectivity index (χ0) is 19.5. The van der Waals surface area contributed by atoms with Crippen molar-refractivity contribution in [2.75, 3.05) is 42.6 Å². The van der Waals surface area contributed by atoms with E-state index in [-0.39, 0.29) is 24.3 Å². The van der Waals surface area contributed by atoms with E-state index in [1.807, 2.05) is 37.3 Å². The number of piperazine rings is 1. The number of carbonyl (C=O) groups is 2. The van der Waals surface area contributed by atoms with Crippen LogP contribution < -0.4 is 14.5 Å². The smallest absolute Gasteiger partial charge is 0.251 e. The summed E-state index contributed by atoms with van der Waals surface area (Å²) in [6.07, 6.45) is 0.227. The second-order valence-corrected chi connectivity index (χ2v) is 7.05. The first kappa shape index (κ1) is 18.5. The molecule has 0 unspecified atom stereocenters. The highest BCUT2D eigenvalue weighted by molar-refractivity contribution is 6.23. The Morgan fingerprint density at radius 2 is 1.61 bits per heavy atom. The van der Waals surface area contributed by atoms with E-state index >= 15 is 0 Å². The van der Waals surface area contributed by atoms with E-state index in [0.717, 1.165) is 26.2 Å². The van der Waals surface area contributed by atoms with Crippen LogP contribution in [0.25, 0.3) is 0 Å². The van der Waals surface area contributed by atoms with Gasteiger partial charge in [-0.15, -0.1) is 0 Å². The van der Waals surface area contributed by atoms with Crippen molar-refractivity contribution in [3.05, 3.63) is 54.6 Å². The highest BCUT2D eigenvalue weighted by Crippen LogP contribution is 2.33. The summed E-state index contributed by atoms with van der Waals surface area (Å²) in [5.74, 6) is 0.263. The van der Waals surface area contributed by atoms with Crippen molar-refractivity contribution in [3.63, 3.8) is 0 Å². The Kier molecular flexibility index (Phi) is 5.30. The number of rotatable bonds is 5. The number of para-hydroxylation sites is 3. The normalized spacial score (nSPS) is 20.7. The number of hydrogen-bond donors (Lipinski definition) is 0. The molecule has 0 N–H and O–H groups in total. The monoisotopic (exact) mass is 379 g/mol. The molecule has 0 radical (unpaired) electrons. The average Bonchev–Trinajstić information content (AvgIpc) is 3.03. The van der Waals surface area contributed by atoms with Gasteiger partial charge in [-0.2, -0.15) is 0 Å². The Balaban J connectivity index is 1.47. The lowest BCUT2D eigenvalue weighted by molar-refractivity contribution is -0.123. The number of ether oxygens (including phenoxy) is 1. The van der Waals surface area contributed by atoms with E-state index in [0.29, 0.717) is 18.0 Å². The second kappa shape index (κ2) is 8.02. The first-order chi connectivity index (χ1) is 13.7. The molecule has 2 saturated heterocycles. The van der Waals surface area contributed by atoms with Crippen LogP contribution in [0.3, 0.4) is 0 Å². The van der Waals surface area contributed by atoms with Gasteiger partial charge in [0.2, 0.25) is 5.91 Å². The van der Waals surface area contributed by atoms with E-state index < -0.39 is 0 Å². The molecule has 2 aromatic rings. The van der Waals surface area contributed by atoms with Crippen molar-refractivity contribution in [2.45, 2.75) is 19.4 Å². The molecule has 0 aromatic heterocycles. The van der Waals surface area contributed by atoms with E-state index in [1.165, 1.54) is 10.6 Å². The number of hydrogen-bond acceptors (Lipinski definition) is 5. The Morgan fingerprint density at radius 1 is 0.929 bits per heavy atom. The third-order valence-electron chi connectivity index (χ3n) is 5.41. The maximum Gasteiger partial charge on any atom is 0.251 e. The molecule has 0 spiro atoms. The Hall–Kier alpha value is -2.86. The summed E-state index contributed by atoms with van der Waals surface area (Å²) in [6, 6.07) is 17.1. The quantitative estimate of drug-likeness (QED) is 0.748. The molecular weight excluding hydrogens is 354 g/mol. The predicted octanol–water partition coefficient (Wildman–Crippen LogP) is 2.54. The van der Waals surface area contributed by atoms with Crippen LogP contribution >= 0.6 is 0 Å². The molecule has 1 atom stereocenters. The van der Waals surface area contributed by atoms with E-state index in [9.17, 15) is 9.59 Å². The Bertz CT molecular complexity index is 847. The third kappa shape index (κ3) is 3.47. The average molecular weight is 379 g/mol. The van der Waals surface area contributed by atoms with Crippen LogP contribution in [-0.4, -0.2) is 55.5 Å². The summed E-state index contributed by atoms with van der Waals surface area (Å²) in [5, 5.41) is 0. The van der Waals surface area contributed by atoms with Gasteiger partial charge in [-0.25, -0.2) is 4.90 Å². The van der Waals surface area contributed by atoms with Crippen molar-refractivity contribution in [1.29, 1.82) is 0 Å². The zero-order valence-electron chi connectivity index (χ0n) is 16.1. The minimum atomic E-state index is -0.389. The standard InChI is InChI=1S/C22H25N3O3/c1-2-28-20-11-7-6-10-18(20)25-21(26)16-19(22(25)27)24-14-12-23(13-15-24)17-8-4-3-5-9-17/h3-11,19H,2,12-16H2,1H3/t19-/m0/s1. The van der Waals surface area contributed by atoms with Crippen LogP contribution in [0.15, 0.2) is 54.6 Å². The van der Waals surface area contributed by atoms with E-state index in [1.54, 1.807) is 12.1 Å². The molecular formula is C22H25N3O3. The molecule has 28 heavy (non-hydrogen) atoms. The van der Waals surface area contributed by atoms with Crippen LogP contribution in [0.1, 0.15) is 13.3 Å². The van der Waals surface area contributed by atoms with Crippen molar-refractivity contribution in [2.24, 2.45) is 0 Å². The second-order valence-electron chi connectivity index (χ2n) is 7.05. The molecule has 2 aliphatic rings. The maximum atomic E-state index is 13.1. The van der Waals surface area contributed by atoms with Gasteiger partial charge in [0.15, 0.2) is 0 Å². The highest BCUT2D eigenvalue weighted by atomic mass is 16.5. The van der Waals surface area contributed by atoms with Gasteiger partial charge in [0.25, 0.3) is 5.91 Å². The van der Waals surface area contributed by atoms with Crippen molar-refractivity contribution in [3.8, 4) is 5.75 Å². The summed E-state index contributed by atoms with van der Waals surface area (Å²) >= 11 is 0. The number of anilines is 2. The molecule has 0 saturated carbocycles. The fraction of sp³-hybridized carbons (Fsp3) is 0.364. The summed E-state index contributed by atoms with van der Waals surface area (Å²) in [4.78, 5) is 31.6. The van der Waals surface area contributed by atoms with Crippen LogP contribution in [0.2, 0.25) is 0 Å². The molecule has 2 heterocycles. The third-order valence-corrected chi connectivity index (χ3v) is 5.41. The largest absolute Gasteiger partial charge is 0.492 e. The minimum absolute atomic E-state index is 0.148. The van der Waals surface area contributed by atoms with Crippen LogP contribution in [-0.2, 0) is 9.59 Å². The van der Waals surface area contributed by atoms with Crippen LogP contribution in [0.4, 0.5) is 11.4 Å². The highest BCUT2D eigenvalue weighted by Gasteiger charge is 2.44. The van der Waals surface area contributed by atoms with Gasteiger partial charge in [-0.1, -0.05) is 30.3 Å². The van der Waals surface area contributed by atoms with Gasteiger partial charge < -0.3 is 9.64 Å². The molecule has 6 nitrogen and oxygen atoms in total.